The van der Waals surface area contributed by atoms with Crippen LogP contribution in [0.2, 0.25) is 0 Å². The Balaban J connectivity index is 1.61. The van der Waals surface area contributed by atoms with Crippen molar-refractivity contribution >= 4 is 23.7 Å². The first-order valence-electron chi connectivity index (χ1n) is 14.9. The molecule has 0 spiro atoms. The van der Waals surface area contributed by atoms with Gasteiger partial charge in [-0.1, -0.05) is 106 Å². The van der Waals surface area contributed by atoms with E-state index in [1.807, 2.05) is 93.6 Å². The van der Waals surface area contributed by atoms with Crippen molar-refractivity contribution in [3.63, 3.8) is 0 Å². The van der Waals surface area contributed by atoms with E-state index in [0.29, 0.717) is 31.4 Å². The number of rotatable bonds is 11. The summed E-state index contributed by atoms with van der Waals surface area (Å²) in [6.07, 6.45) is -0.458. The number of Topliss-reactive ketones (excluding diaryl/α,β-unsaturated/α-hetero) is 1. The molecule has 0 radical (unpaired) electrons. The van der Waals surface area contributed by atoms with Crippen molar-refractivity contribution in [2.75, 3.05) is 6.54 Å². The van der Waals surface area contributed by atoms with E-state index in [1.165, 1.54) is 0 Å². The minimum atomic E-state index is -1.33. The van der Waals surface area contributed by atoms with Gasteiger partial charge in [-0.05, 0) is 54.0 Å². The van der Waals surface area contributed by atoms with Crippen molar-refractivity contribution in [3.05, 3.63) is 96.1 Å². The topological polar surface area (TPSA) is 107 Å². The molecule has 3 atom stereocenters. The number of hydrogen-bond donors (Lipinski definition) is 2. The molecule has 1 saturated heterocycles. The molecular weight excluding hydrogens is 542 g/mol. The third-order valence-corrected chi connectivity index (χ3v) is 8.08. The summed E-state index contributed by atoms with van der Waals surface area (Å²) in [7, 11) is 0. The smallest absolute Gasteiger partial charge is 0.409 e. The number of nitrogens with one attached hydrogen (secondary N) is 1. The van der Waals surface area contributed by atoms with Crippen molar-refractivity contribution in [1.29, 1.82) is 0 Å². The zero-order valence-electron chi connectivity index (χ0n) is 25.3. The van der Waals surface area contributed by atoms with Crippen LogP contribution in [0.5, 0.6) is 0 Å². The van der Waals surface area contributed by atoms with Crippen LogP contribution in [-0.4, -0.2) is 57.3 Å². The van der Waals surface area contributed by atoms with Crippen molar-refractivity contribution in [1.82, 2.24) is 15.1 Å². The van der Waals surface area contributed by atoms with Crippen molar-refractivity contribution in [2.45, 2.75) is 71.6 Å². The quantitative estimate of drug-likeness (QED) is 0.249. The van der Waals surface area contributed by atoms with Gasteiger partial charge in [-0.25, -0.2) is 4.79 Å². The SMILES string of the molecule is CCCC[C@@H](C(=O)C(=O)N[C@H](C)c1ccccc1)N(C(=O)O)C1CC(C)(C)CN1C(=O)c1ccc(-c2ccccc2)cc1. The van der Waals surface area contributed by atoms with E-state index in [1.54, 1.807) is 24.0 Å². The van der Waals surface area contributed by atoms with Gasteiger partial charge in [0, 0.05) is 12.1 Å². The maximum atomic E-state index is 13.9. The number of amides is 3. The minimum Gasteiger partial charge on any atom is -0.465 e. The van der Waals surface area contributed by atoms with Crippen LogP contribution >= 0.6 is 0 Å². The first-order valence-corrected chi connectivity index (χ1v) is 14.9. The summed E-state index contributed by atoms with van der Waals surface area (Å²) in [6.45, 7) is 7.98. The summed E-state index contributed by atoms with van der Waals surface area (Å²) in [5.74, 6) is -1.97. The predicted molar refractivity (Wildman–Crippen MR) is 166 cm³/mol. The number of carbonyl (C=O) groups excluding carboxylic acids is 3. The summed E-state index contributed by atoms with van der Waals surface area (Å²) < 4.78 is 0. The number of carbonyl (C=O) groups is 4. The fourth-order valence-electron chi connectivity index (χ4n) is 5.80. The lowest BCUT2D eigenvalue weighted by molar-refractivity contribution is -0.142. The maximum absolute atomic E-state index is 13.9. The molecule has 2 N–H and O–H groups in total. The molecule has 1 fully saturated rings. The van der Waals surface area contributed by atoms with E-state index < -0.39 is 41.4 Å². The number of ketones is 1. The molecule has 8 nitrogen and oxygen atoms in total. The van der Waals surface area contributed by atoms with Crippen LogP contribution in [0.15, 0.2) is 84.9 Å². The Morgan fingerprint density at radius 3 is 2.09 bits per heavy atom. The van der Waals surface area contributed by atoms with Crippen LogP contribution in [0.4, 0.5) is 4.79 Å². The molecule has 43 heavy (non-hydrogen) atoms. The average molecular weight is 584 g/mol. The van der Waals surface area contributed by atoms with Crippen LogP contribution in [0.3, 0.4) is 0 Å². The predicted octanol–water partition coefficient (Wildman–Crippen LogP) is 6.54. The van der Waals surface area contributed by atoms with Crippen molar-refractivity contribution in [3.8, 4) is 11.1 Å². The molecule has 3 aromatic rings. The summed E-state index contributed by atoms with van der Waals surface area (Å²) >= 11 is 0. The Morgan fingerprint density at radius 2 is 1.51 bits per heavy atom. The van der Waals surface area contributed by atoms with E-state index in [0.717, 1.165) is 21.6 Å². The number of carboxylic acid groups (broad SMARTS) is 1. The second kappa shape index (κ2) is 13.7. The van der Waals surface area contributed by atoms with E-state index >= 15 is 0 Å². The molecule has 1 unspecified atom stereocenters. The fourth-order valence-corrected chi connectivity index (χ4v) is 5.80. The van der Waals surface area contributed by atoms with Gasteiger partial charge < -0.3 is 15.3 Å². The number of benzene rings is 3. The largest absolute Gasteiger partial charge is 0.465 e. The lowest BCUT2D eigenvalue weighted by Gasteiger charge is -2.37. The Morgan fingerprint density at radius 1 is 0.930 bits per heavy atom. The highest BCUT2D eigenvalue weighted by Gasteiger charge is 2.48. The highest BCUT2D eigenvalue weighted by atomic mass is 16.4. The number of nitrogens with zero attached hydrogens (tertiary/aromatic N) is 2. The number of unbranched alkanes of at least 4 members (excludes halogenated alkanes) is 1. The Labute approximate surface area is 253 Å². The monoisotopic (exact) mass is 583 g/mol. The van der Waals surface area contributed by atoms with Crippen LogP contribution in [0.25, 0.3) is 11.1 Å². The molecule has 1 aliphatic heterocycles. The van der Waals surface area contributed by atoms with Crippen molar-refractivity contribution < 1.29 is 24.3 Å². The molecule has 1 heterocycles. The van der Waals surface area contributed by atoms with E-state index in [2.05, 4.69) is 5.32 Å². The second-order valence-corrected chi connectivity index (χ2v) is 12.0. The lowest BCUT2D eigenvalue weighted by atomic mass is 9.91. The standard InChI is InChI=1S/C35H41N3O5/c1-5-6-17-29(31(39)32(40)36-24(2)25-13-9-7-10-14-25)38(34(42)43)30-22-35(3,4)23-37(30)33(41)28-20-18-27(19-21-28)26-15-11-8-12-16-26/h7-16,18-21,24,29-30H,5-6,17,22-23H2,1-4H3,(H,36,40)(H,42,43)/t24-,29+,30?/m1/s1. The molecule has 8 heteroatoms. The molecule has 0 saturated carbocycles. The summed E-state index contributed by atoms with van der Waals surface area (Å²) in [4.78, 5) is 56.3. The van der Waals surface area contributed by atoms with Gasteiger partial charge in [0.2, 0.25) is 5.78 Å². The van der Waals surface area contributed by atoms with Crippen LogP contribution < -0.4 is 5.32 Å². The van der Waals surface area contributed by atoms with Gasteiger partial charge in [0.25, 0.3) is 11.8 Å². The first kappa shape index (κ1) is 31.5. The van der Waals surface area contributed by atoms with Gasteiger partial charge in [0.15, 0.2) is 0 Å². The van der Waals surface area contributed by atoms with Gasteiger partial charge >= 0.3 is 6.09 Å². The lowest BCUT2D eigenvalue weighted by Crippen LogP contribution is -2.58. The van der Waals surface area contributed by atoms with Crippen molar-refractivity contribution in [2.24, 2.45) is 5.41 Å². The Hall–Kier alpha value is -4.46. The Bertz CT molecular complexity index is 1420. The molecule has 0 bridgehead atoms. The average Bonchev–Trinajstić information content (AvgIpc) is 3.33. The minimum absolute atomic E-state index is 0.180. The number of hydrogen-bond acceptors (Lipinski definition) is 4. The highest BCUT2D eigenvalue weighted by molar-refractivity contribution is 6.38. The Kier molecular flexibility index (Phi) is 10.0. The highest BCUT2D eigenvalue weighted by Crippen LogP contribution is 2.38. The van der Waals surface area contributed by atoms with Gasteiger partial charge in [-0.2, -0.15) is 0 Å². The first-order chi connectivity index (χ1) is 20.5. The van der Waals surface area contributed by atoms with Crippen LogP contribution in [-0.2, 0) is 9.59 Å². The molecule has 4 rings (SSSR count). The van der Waals surface area contributed by atoms with Crippen LogP contribution in [0.1, 0.15) is 75.3 Å². The summed E-state index contributed by atoms with van der Waals surface area (Å²) in [5.41, 5.74) is 2.84. The molecule has 226 valence electrons. The second-order valence-electron chi connectivity index (χ2n) is 12.0. The third-order valence-electron chi connectivity index (χ3n) is 8.08. The molecular formula is C35H41N3O5. The van der Waals surface area contributed by atoms with Gasteiger partial charge in [0.1, 0.15) is 12.2 Å². The molecule has 3 aromatic carbocycles. The molecule has 0 aliphatic carbocycles. The van der Waals surface area contributed by atoms with Gasteiger partial charge in [-0.15, -0.1) is 0 Å². The maximum Gasteiger partial charge on any atom is 0.409 e. The third kappa shape index (κ3) is 7.49. The molecule has 0 aromatic heterocycles. The van der Waals surface area contributed by atoms with Gasteiger partial charge in [0.05, 0.1) is 6.04 Å². The number of likely N-dealkylation sites (tertiary alicyclic amines) is 1. The molecule has 3 amide bonds. The van der Waals surface area contributed by atoms with E-state index in [-0.39, 0.29) is 12.3 Å². The van der Waals surface area contributed by atoms with E-state index in [9.17, 15) is 24.3 Å². The fraction of sp³-hybridized carbons (Fsp3) is 0.371. The van der Waals surface area contributed by atoms with Crippen LogP contribution in [0, 0.1) is 5.41 Å². The van der Waals surface area contributed by atoms with Gasteiger partial charge in [-0.3, -0.25) is 19.3 Å². The zero-order valence-corrected chi connectivity index (χ0v) is 25.3. The zero-order chi connectivity index (χ0) is 31.1. The summed E-state index contributed by atoms with van der Waals surface area (Å²) in [6, 6.07) is 24.7. The molecule has 1 aliphatic rings. The van der Waals surface area contributed by atoms with E-state index in [4.69, 9.17) is 0 Å². The summed E-state index contributed by atoms with van der Waals surface area (Å²) in [5, 5.41) is 13.2. The normalized spacial score (nSPS) is 17.1.